The maximum atomic E-state index is 13.4. The van der Waals surface area contributed by atoms with Crippen molar-refractivity contribution in [2.75, 3.05) is 13.2 Å². The van der Waals surface area contributed by atoms with Crippen molar-refractivity contribution in [1.82, 2.24) is 0 Å². The summed E-state index contributed by atoms with van der Waals surface area (Å²) in [5.41, 5.74) is 0.488. The van der Waals surface area contributed by atoms with Crippen LogP contribution in [0.4, 0.5) is 4.39 Å². The topological polar surface area (TPSA) is 30.8 Å². The van der Waals surface area contributed by atoms with E-state index in [2.05, 4.69) is 21.1 Å². The van der Waals surface area contributed by atoms with Gasteiger partial charge in [0.15, 0.2) is 6.61 Å². The highest BCUT2D eigenvalue weighted by molar-refractivity contribution is 9.09. The van der Waals surface area contributed by atoms with Gasteiger partial charge in [-0.3, -0.25) is 0 Å². The van der Waals surface area contributed by atoms with Gasteiger partial charge in [0.05, 0.1) is 0 Å². The first kappa shape index (κ1) is 10.4. The van der Waals surface area contributed by atoms with E-state index in [1.54, 1.807) is 18.2 Å². The highest BCUT2D eigenvalue weighted by atomic mass is 79.9. The fourth-order valence-electron chi connectivity index (χ4n) is 1.25. The van der Waals surface area contributed by atoms with E-state index in [4.69, 9.17) is 9.57 Å². The zero-order valence-corrected chi connectivity index (χ0v) is 9.41. The molecule has 0 aliphatic carbocycles. The van der Waals surface area contributed by atoms with Crippen molar-refractivity contribution >= 4 is 21.8 Å². The standard InChI is InChI=1S/C10H9BrFNO2/c11-9(10-13-15-6-5-14-10)7-3-1-2-4-8(7)12/h1-4,9H,5-6H2. The van der Waals surface area contributed by atoms with Gasteiger partial charge in [-0.15, -0.1) is 0 Å². The molecule has 80 valence electrons. The van der Waals surface area contributed by atoms with Crippen LogP contribution < -0.4 is 0 Å². The van der Waals surface area contributed by atoms with Crippen molar-refractivity contribution in [3.05, 3.63) is 35.6 Å². The van der Waals surface area contributed by atoms with Crippen molar-refractivity contribution in [2.45, 2.75) is 4.83 Å². The molecule has 0 radical (unpaired) electrons. The smallest absolute Gasteiger partial charge is 0.244 e. The molecule has 0 N–H and O–H groups in total. The van der Waals surface area contributed by atoms with Crippen LogP contribution in [0.25, 0.3) is 0 Å². The van der Waals surface area contributed by atoms with Crippen LogP contribution in [0.1, 0.15) is 10.4 Å². The summed E-state index contributed by atoms with van der Waals surface area (Å²) in [7, 11) is 0. The molecule has 1 aromatic carbocycles. The second-order valence-electron chi connectivity index (χ2n) is 3.00. The van der Waals surface area contributed by atoms with Crippen LogP contribution in [0.15, 0.2) is 29.4 Å². The number of halogens is 2. The third kappa shape index (κ3) is 2.28. The minimum atomic E-state index is -0.404. The van der Waals surface area contributed by atoms with Crippen LogP contribution in [-0.4, -0.2) is 19.1 Å². The number of hydrogen-bond donors (Lipinski definition) is 0. The Labute approximate surface area is 95.0 Å². The van der Waals surface area contributed by atoms with E-state index < -0.39 is 4.83 Å². The number of benzene rings is 1. The zero-order chi connectivity index (χ0) is 10.7. The second-order valence-corrected chi connectivity index (χ2v) is 3.91. The molecule has 1 aliphatic rings. The number of alkyl halides is 1. The summed E-state index contributed by atoms with van der Waals surface area (Å²) in [5, 5.41) is 3.73. The first-order chi connectivity index (χ1) is 7.29. The highest BCUT2D eigenvalue weighted by Gasteiger charge is 2.22. The van der Waals surface area contributed by atoms with E-state index in [-0.39, 0.29) is 5.82 Å². The molecule has 1 aromatic rings. The molecule has 1 atom stereocenters. The normalized spacial score (nSPS) is 17.3. The molecule has 0 aromatic heterocycles. The summed E-state index contributed by atoms with van der Waals surface area (Å²) in [5.74, 6) is 0.0580. The van der Waals surface area contributed by atoms with Gasteiger partial charge in [0.1, 0.15) is 17.3 Å². The summed E-state index contributed by atoms with van der Waals surface area (Å²) in [6.45, 7) is 0.871. The molecule has 0 fully saturated rings. The largest absolute Gasteiger partial charge is 0.474 e. The zero-order valence-electron chi connectivity index (χ0n) is 7.82. The van der Waals surface area contributed by atoms with Gasteiger partial charge >= 0.3 is 0 Å². The first-order valence-corrected chi connectivity index (χ1v) is 5.42. The first-order valence-electron chi connectivity index (χ1n) is 4.50. The minimum Gasteiger partial charge on any atom is -0.474 e. The third-order valence-corrected chi connectivity index (χ3v) is 2.86. The van der Waals surface area contributed by atoms with Gasteiger partial charge in [-0.2, -0.15) is 0 Å². The fraction of sp³-hybridized carbons (Fsp3) is 0.300. The van der Waals surface area contributed by atoms with E-state index in [0.717, 1.165) is 0 Å². The van der Waals surface area contributed by atoms with Crippen LogP contribution in [0.5, 0.6) is 0 Å². The van der Waals surface area contributed by atoms with Crippen molar-refractivity contribution in [2.24, 2.45) is 5.16 Å². The Morgan fingerprint density at radius 3 is 2.80 bits per heavy atom. The fourth-order valence-corrected chi connectivity index (χ4v) is 1.84. The van der Waals surface area contributed by atoms with Crippen LogP contribution >= 0.6 is 15.9 Å². The third-order valence-electron chi connectivity index (χ3n) is 1.97. The molecule has 0 amide bonds. The van der Waals surface area contributed by atoms with Gasteiger partial charge in [0.25, 0.3) is 0 Å². The number of oxime groups is 1. The SMILES string of the molecule is Fc1ccccc1C(Br)C1=NOCCO1. The number of nitrogens with zero attached hydrogens (tertiary/aromatic N) is 1. The molecular formula is C10H9BrFNO2. The summed E-state index contributed by atoms with van der Waals surface area (Å²) in [6, 6.07) is 6.47. The van der Waals surface area contributed by atoms with E-state index in [1.807, 2.05) is 0 Å². The quantitative estimate of drug-likeness (QED) is 0.776. The predicted octanol–water partition coefficient (Wildman–Crippen LogP) is 2.62. The Balaban J connectivity index is 2.23. The van der Waals surface area contributed by atoms with Gasteiger partial charge in [0.2, 0.25) is 5.90 Å². The highest BCUT2D eigenvalue weighted by Crippen LogP contribution is 2.28. The number of hydrogen-bond acceptors (Lipinski definition) is 3. The molecule has 0 spiro atoms. The van der Waals surface area contributed by atoms with Crippen LogP contribution in [0.2, 0.25) is 0 Å². The van der Waals surface area contributed by atoms with Gasteiger partial charge < -0.3 is 9.57 Å². The Morgan fingerprint density at radius 2 is 2.13 bits per heavy atom. The lowest BCUT2D eigenvalue weighted by molar-refractivity contribution is 0.0622. The molecule has 1 unspecified atom stereocenters. The van der Waals surface area contributed by atoms with Gasteiger partial charge in [-0.05, 0) is 6.07 Å². The van der Waals surface area contributed by atoms with Crippen molar-refractivity contribution in [3.8, 4) is 0 Å². The predicted molar refractivity (Wildman–Crippen MR) is 57.4 cm³/mol. The van der Waals surface area contributed by atoms with E-state index in [0.29, 0.717) is 24.7 Å². The van der Waals surface area contributed by atoms with Crippen molar-refractivity contribution in [1.29, 1.82) is 0 Å². The molecule has 0 saturated heterocycles. The van der Waals surface area contributed by atoms with Crippen LogP contribution in [-0.2, 0) is 9.57 Å². The molecular weight excluding hydrogens is 265 g/mol. The molecule has 0 saturated carbocycles. The van der Waals surface area contributed by atoms with Crippen LogP contribution in [0.3, 0.4) is 0 Å². The lowest BCUT2D eigenvalue weighted by atomic mass is 10.1. The summed E-state index contributed by atoms with van der Waals surface area (Å²) >= 11 is 3.32. The van der Waals surface area contributed by atoms with Crippen molar-refractivity contribution < 1.29 is 14.0 Å². The van der Waals surface area contributed by atoms with Crippen LogP contribution in [0, 0.1) is 5.82 Å². The maximum Gasteiger partial charge on any atom is 0.244 e. The summed E-state index contributed by atoms with van der Waals surface area (Å²) < 4.78 is 18.7. The lowest BCUT2D eigenvalue weighted by Crippen LogP contribution is -2.20. The number of ether oxygens (including phenoxy) is 1. The number of rotatable bonds is 2. The Kier molecular flexibility index (Phi) is 3.20. The molecule has 5 heteroatoms. The van der Waals surface area contributed by atoms with Crippen molar-refractivity contribution in [3.63, 3.8) is 0 Å². The van der Waals surface area contributed by atoms with E-state index >= 15 is 0 Å². The minimum absolute atomic E-state index is 0.295. The second kappa shape index (κ2) is 4.61. The molecule has 15 heavy (non-hydrogen) atoms. The molecule has 0 bridgehead atoms. The maximum absolute atomic E-state index is 13.4. The monoisotopic (exact) mass is 273 g/mol. The van der Waals surface area contributed by atoms with E-state index in [1.165, 1.54) is 6.07 Å². The molecule has 1 heterocycles. The Bertz CT molecular complexity index is 383. The average molecular weight is 274 g/mol. The van der Waals surface area contributed by atoms with Gasteiger partial charge in [-0.1, -0.05) is 39.3 Å². The van der Waals surface area contributed by atoms with E-state index in [9.17, 15) is 4.39 Å². The average Bonchev–Trinajstić information content (AvgIpc) is 2.30. The Hall–Kier alpha value is -1.10. The lowest BCUT2D eigenvalue weighted by Gasteiger charge is -2.17. The molecule has 2 rings (SSSR count). The molecule has 3 nitrogen and oxygen atoms in total. The Morgan fingerprint density at radius 1 is 1.33 bits per heavy atom. The summed E-state index contributed by atoms with van der Waals surface area (Å²) in [4.78, 5) is 4.47. The van der Waals surface area contributed by atoms with Gasteiger partial charge in [0, 0.05) is 5.56 Å². The summed E-state index contributed by atoms with van der Waals surface area (Å²) in [6.07, 6.45) is 0. The molecule has 1 aliphatic heterocycles. The van der Waals surface area contributed by atoms with Gasteiger partial charge in [-0.25, -0.2) is 4.39 Å².